The molecule has 8 heteroatoms. The van der Waals surface area contributed by atoms with Gasteiger partial charge in [-0.3, -0.25) is 9.67 Å². The van der Waals surface area contributed by atoms with Crippen molar-refractivity contribution >= 4 is 29.9 Å². The minimum absolute atomic E-state index is 0. The van der Waals surface area contributed by atoms with Crippen molar-refractivity contribution in [3.05, 3.63) is 18.0 Å². The smallest absolute Gasteiger partial charge is 0.193 e. The van der Waals surface area contributed by atoms with Crippen LogP contribution >= 0.6 is 24.0 Å². The molecule has 3 heterocycles. The lowest BCUT2D eigenvalue weighted by Crippen LogP contribution is -2.48. The van der Waals surface area contributed by atoms with Crippen LogP contribution in [0.1, 0.15) is 30.9 Å². The number of morpholine rings is 1. The summed E-state index contributed by atoms with van der Waals surface area (Å²) in [5.74, 6) is 1.83. The molecule has 2 aliphatic heterocycles. The molecule has 0 aliphatic carbocycles. The molecule has 1 atom stereocenters. The third-order valence-electron chi connectivity index (χ3n) is 5.35. The van der Waals surface area contributed by atoms with E-state index >= 15 is 0 Å². The lowest BCUT2D eigenvalue weighted by molar-refractivity contribution is -0.00804. The van der Waals surface area contributed by atoms with Crippen molar-refractivity contribution < 1.29 is 4.74 Å². The van der Waals surface area contributed by atoms with E-state index in [0.717, 1.165) is 43.7 Å². The standard InChI is InChI=1S/C18H32N6O.HI/c1-19-18(20-7-4-15-5-8-22(2)9-6-15)24-10-11-25-17(14-24)16-12-21-23(3)13-16;/h12-13,15,17H,4-11,14H2,1-3H3,(H,19,20);1H. The predicted molar refractivity (Wildman–Crippen MR) is 115 cm³/mol. The molecular weight excluding hydrogens is 443 g/mol. The molecule has 0 radical (unpaired) electrons. The van der Waals surface area contributed by atoms with Crippen LogP contribution in [0, 0.1) is 5.92 Å². The van der Waals surface area contributed by atoms with E-state index in [1.54, 1.807) is 0 Å². The van der Waals surface area contributed by atoms with Gasteiger partial charge in [-0.25, -0.2) is 0 Å². The summed E-state index contributed by atoms with van der Waals surface area (Å²) in [5.41, 5.74) is 1.13. The molecule has 0 aromatic carbocycles. The Labute approximate surface area is 174 Å². The number of guanidine groups is 1. The number of piperidine rings is 1. The average Bonchev–Trinajstić information content (AvgIpc) is 3.07. The first kappa shape index (κ1) is 21.4. The summed E-state index contributed by atoms with van der Waals surface area (Å²) in [5, 5.41) is 7.82. The van der Waals surface area contributed by atoms with Gasteiger partial charge in [0.25, 0.3) is 0 Å². The summed E-state index contributed by atoms with van der Waals surface area (Å²) < 4.78 is 7.76. The lowest BCUT2D eigenvalue weighted by Gasteiger charge is -2.35. The second-order valence-electron chi connectivity index (χ2n) is 7.26. The molecule has 7 nitrogen and oxygen atoms in total. The van der Waals surface area contributed by atoms with Gasteiger partial charge in [-0.1, -0.05) is 0 Å². The SMILES string of the molecule is CN=C(NCCC1CCN(C)CC1)N1CCOC(c2cnn(C)c2)C1.I. The van der Waals surface area contributed by atoms with E-state index in [0.29, 0.717) is 0 Å². The molecule has 1 aromatic rings. The maximum absolute atomic E-state index is 5.93. The first-order valence-electron chi connectivity index (χ1n) is 9.40. The van der Waals surface area contributed by atoms with Crippen molar-refractivity contribution in [3.63, 3.8) is 0 Å². The summed E-state index contributed by atoms with van der Waals surface area (Å²) in [4.78, 5) is 9.21. The molecule has 0 amide bonds. The van der Waals surface area contributed by atoms with Crippen molar-refractivity contribution in [1.29, 1.82) is 0 Å². The van der Waals surface area contributed by atoms with Crippen LogP contribution in [0.5, 0.6) is 0 Å². The fourth-order valence-corrected chi connectivity index (χ4v) is 3.72. The van der Waals surface area contributed by atoms with E-state index < -0.39 is 0 Å². The normalized spacial score (nSPS) is 23.0. The van der Waals surface area contributed by atoms with Gasteiger partial charge in [-0.15, -0.1) is 24.0 Å². The average molecular weight is 476 g/mol. The Hall–Kier alpha value is -0.870. The van der Waals surface area contributed by atoms with Gasteiger partial charge >= 0.3 is 0 Å². The fourth-order valence-electron chi connectivity index (χ4n) is 3.72. The van der Waals surface area contributed by atoms with E-state index in [1.165, 1.54) is 32.4 Å². The number of aliphatic imine (C=N–C) groups is 1. The van der Waals surface area contributed by atoms with Crippen LogP contribution < -0.4 is 5.32 Å². The first-order chi connectivity index (χ1) is 12.2. The van der Waals surface area contributed by atoms with E-state index in [2.05, 4.69) is 32.3 Å². The number of aryl methyl sites for hydroxylation is 1. The zero-order valence-corrected chi connectivity index (χ0v) is 18.6. The number of hydrogen-bond donors (Lipinski definition) is 1. The lowest BCUT2D eigenvalue weighted by atomic mass is 9.94. The minimum atomic E-state index is 0. The minimum Gasteiger partial charge on any atom is -0.370 e. The molecule has 3 rings (SSSR count). The Bertz CT molecular complexity index is 570. The topological polar surface area (TPSA) is 57.9 Å². The van der Waals surface area contributed by atoms with Crippen LogP contribution in [0.2, 0.25) is 0 Å². The molecule has 1 unspecified atom stereocenters. The number of aromatic nitrogens is 2. The van der Waals surface area contributed by atoms with Crippen LogP contribution in [0.3, 0.4) is 0 Å². The molecule has 1 aromatic heterocycles. The zero-order chi connectivity index (χ0) is 17.6. The Morgan fingerprint density at radius 1 is 1.31 bits per heavy atom. The third kappa shape index (κ3) is 5.82. The van der Waals surface area contributed by atoms with Crippen LogP contribution in [0.15, 0.2) is 17.4 Å². The summed E-state index contributed by atoms with van der Waals surface area (Å²) in [6.45, 7) is 5.88. The number of halogens is 1. The number of hydrogen-bond acceptors (Lipinski definition) is 4. The largest absolute Gasteiger partial charge is 0.370 e. The van der Waals surface area contributed by atoms with Crippen LogP contribution in [0.25, 0.3) is 0 Å². The molecule has 26 heavy (non-hydrogen) atoms. The van der Waals surface area contributed by atoms with Gasteiger partial charge in [0.15, 0.2) is 5.96 Å². The molecule has 148 valence electrons. The summed E-state index contributed by atoms with van der Waals surface area (Å²) in [6, 6.07) is 0. The monoisotopic (exact) mass is 476 g/mol. The third-order valence-corrected chi connectivity index (χ3v) is 5.35. The second-order valence-corrected chi connectivity index (χ2v) is 7.26. The highest BCUT2D eigenvalue weighted by Crippen LogP contribution is 2.22. The molecule has 1 N–H and O–H groups in total. The Morgan fingerprint density at radius 3 is 2.73 bits per heavy atom. The van der Waals surface area contributed by atoms with Crippen LogP contribution in [0.4, 0.5) is 0 Å². The van der Waals surface area contributed by atoms with Crippen molar-refractivity contribution in [2.24, 2.45) is 18.0 Å². The Balaban J connectivity index is 0.00000243. The van der Waals surface area contributed by atoms with E-state index in [4.69, 9.17) is 4.74 Å². The highest BCUT2D eigenvalue weighted by molar-refractivity contribution is 14.0. The van der Waals surface area contributed by atoms with Gasteiger partial charge in [0, 0.05) is 38.9 Å². The molecule has 2 saturated heterocycles. The Morgan fingerprint density at radius 2 is 2.08 bits per heavy atom. The fraction of sp³-hybridized carbons (Fsp3) is 0.778. The van der Waals surface area contributed by atoms with Gasteiger partial charge in [-0.05, 0) is 45.3 Å². The quantitative estimate of drug-likeness (QED) is 0.408. The van der Waals surface area contributed by atoms with Gasteiger partial charge in [0.1, 0.15) is 6.10 Å². The summed E-state index contributed by atoms with van der Waals surface area (Å²) in [6.07, 6.45) is 7.85. The van der Waals surface area contributed by atoms with Gasteiger partial charge < -0.3 is 19.9 Å². The maximum Gasteiger partial charge on any atom is 0.193 e. The number of ether oxygens (including phenoxy) is 1. The Kier molecular flexibility index (Phi) is 8.62. The van der Waals surface area contributed by atoms with Crippen LogP contribution in [-0.4, -0.2) is 79.0 Å². The highest BCUT2D eigenvalue weighted by atomic mass is 127. The van der Waals surface area contributed by atoms with Gasteiger partial charge in [-0.2, -0.15) is 5.10 Å². The highest BCUT2D eigenvalue weighted by Gasteiger charge is 2.25. The van der Waals surface area contributed by atoms with Crippen molar-refractivity contribution in [2.45, 2.75) is 25.4 Å². The molecule has 2 aliphatic rings. The van der Waals surface area contributed by atoms with Crippen molar-refractivity contribution in [2.75, 3.05) is 53.4 Å². The predicted octanol–water partition coefficient (Wildman–Crippen LogP) is 1.72. The van der Waals surface area contributed by atoms with E-state index in [-0.39, 0.29) is 30.1 Å². The molecule has 2 fully saturated rings. The van der Waals surface area contributed by atoms with Crippen LogP contribution in [-0.2, 0) is 11.8 Å². The molecular formula is C18H33IN6O. The second kappa shape index (κ2) is 10.5. The van der Waals surface area contributed by atoms with Gasteiger partial charge in [0.05, 0.1) is 19.3 Å². The zero-order valence-electron chi connectivity index (χ0n) is 16.2. The van der Waals surface area contributed by atoms with E-state index in [1.807, 2.05) is 31.2 Å². The maximum atomic E-state index is 5.93. The van der Waals surface area contributed by atoms with Gasteiger partial charge in [0.2, 0.25) is 0 Å². The number of nitrogens with one attached hydrogen (secondary N) is 1. The number of likely N-dealkylation sites (tertiary alicyclic amines) is 1. The van der Waals surface area contributed by atoms with E-state index in [9.17, 15) is 0 Å². The van der Waals surface area contributed by atoms with Crippen molar-refractivity contribution in [3.8, 4) is 0 Å². The molecule has 0 spiro atoms. The summed E-state index contributed by atoms with van der Waals surface area (Å²) in [7, 11) is 6.02. The number of nitrogens with zero attached hydrogens (tertiary/aromatic N) is 5. The van der Waals surface area contributed by atoms with Crippen molar-refractivity contribution in [1.82, 2.24) is 24.9 Å². The number of rotatable bonds is 4. The summed E-state index contributed by atoms with van der Waals surface area (Å²) >= 11 is 0. The molecule has 0 saturated carbocycles. The first-order valence-corrected chi connectivity index (χ1v) is 9.40. The molecule has 0 bridgehead atoms.